The lowest BCUT2D eigenvalue weighted by Gasteiger charge is -2.09. The van der Waals surface area contributed by atoms with Crippen LogP contribution in [0.4, 0.5) is 11.4 Å². The first-order valence-electron chi connectivity index (χ1n) is 9.04. The number of fused-ring (bicyclic) bond motifs is 1. The Balaban J connectivity index is 1.51. The van der Waals surface area contributed by atoms with Crippen LogP contribution in [0.15, 0.2) is 47.1 Å². The Bertz CT molecular complexity index is 1060. The predicted octanol–water partition coefficient (Wildman–Crippen LogP) is 3.94. The number of carbonyl (C=O) groups excluding carboxylic acids is 3. The van der Waals surface area contributed by atoms with Gasteiger partial charge in [0.15, 0.2) is 11.5 Å². The normalized spacial score (nSPS) is 13.1. The monoisotopic (exact) mass is 377 g/mol. The second-order valence-electron chi connectivity index (χ2n) is 6.72. The second-order valence-corrected chi connectivity index (χ2v) is 6.72. The van der Waals surface area contributed by atoms with Crippen LogP contribution in [-0.4, -0.2) is 22.6 Å². The smallest absolute Gasteiger partial charge is 0.291 e. The second kappa shape index (κ2) is 7.19. The van der Waals surface area contributed by atoms with Crippen LogP contribution < -0.4 is 10.6 Å². The van der Waals surface area contributed by atoms with Crippen LogP contribution in [0, 0.1) is 6.92 Å². The van der Waals surface area contributed by atoms with Crippen LogP contribution in [0.3, 0.4) is 0 Å². The number of hydrogen-bond acceptors (Lipinski definition) is 4. The lowest BCUT2D eigenvalue weighted by atomic mass is 9.94. The molecule has 2 aromatic heterocycles. The molecule has 1 aromatic carbocycles. The van der Waals surface area contributed by atoms with E-state index in [0.717, 1.165) is 18.5 Å². The summed E-state index contributed by atoms with van der Waals surface area (Å²) in [4.78, 5) is 40.1. The van der Waals surface area contributed by atoms with Gasteiger partial charge in [0.05, 0.1) is 6.26 Å². The van der Waals surface area contributed by atoms with E-state index in [-0.39, 0.29) is 23.4 Å². The van der Waals surface area contributed by atoms with Gasteiger partial charge in [0, 0.05) is 29.1 Å². The average molecular weight is 377 g/mol. The Morgan fingerprint density at radius 3 is 2.46 bits per heavy atom. The Morgan fingerprint density at radius 1 is 1.04 bits per heavy atom. The fourth-order valence-corrected chi connectivity index (χ4v) is 3.47. The number of benzene rings is 1. The van der Waals surface area contributed by atoms with Crippen LogP contribution in [0.5, 0.6) is 0 Å². The molecule has 3 N–H and O–H groups in total. The molecule has 2 heterocycles. The Hall–Kier alpha value is -3.61. The number of hydrogen-bond donors (Lipinski definition) is 3. The van der Waals surface area contributed by atoms with Crippen LogP contribution in [-0.2, 0) is 6.42 Å². The summed E-state index contributed by atoms with van der Waals surface area (Å²) in [6, 6.07) is 10.0. The van der Waals surface area contributed by atoms with E-state index in [1.54, 1.807) is 43.3 Å². The van der Waals surface area contributed by atoms with E-state index in [1.807, 2.05) is 0 Å². The molecule has 0 saturated heterocycles. The van der Waals surface area contributed by atoms with Crippen molar-refractivity contribution in [3.63, 3.8) is 0 Å². The van der Waals surface area contributed by atoms with E-state index in [4.69, 9.17) is 4.42 Å². The Morgan fingerprint density at radius 2 is 1.79 bits per heavy atom. The summed E-state index contributed by atoms with van der Waals surface area (Å²) in [7, 11) is 0. The Kier molecular flexibility index (Phi) is 4.57. The van der Waals surface area contributed by atoms with Gasteiger partial charge in [0.25, 0.3) is 11.8 Å². The van der Waals surface area contributed by atoms with E-state index in [9.17, 15) is 14.4 Å². The SMILES string of the molecule is Cc1c(C(=O)Nc2cccc(NC(=O)c3ccco3)c2)[nH]c2c1C(=O)CCC2. The number of nitrogens with one attached hydrogen (secondary N) is 3. The van der Waals surface area contributed by atoms with Gasteiger partial charge in [-0.3, -0.25) is 14.4 Å². The number of aromatic nitrogens is 1. The summed E-state index contributed by atoms with van der Waals surface area (Å²) in [5, 5.41) is 5.53. The zero-order valence-corrected chi connectivity index (χ0v) is 15.3. The van der Waals surface area contributed by atoms with Gasteiger partial charge >= 0.3 is 0 Å². The number of amides is 2. The lowest BCUT2D eigenvalue weighted by molar-refractivity contribution is 0.0969. The number of furan rings is 1. The van der Waals surface area contributed by atoms with Crippen LogP contribution in [0.2, 0.25) is 0 Å². The third-order valence-electron chi connectivity index (χ3n) is 4.79. The first-order chi connectivity index (χ1) is 13.5. The molecule has 7 heteroatoms. The quantitative estimate of drug-likeness (QED) is 0.640. The summed E-state index contributed by atoms with van der Waals surface area (Å²) < 4.78 is 5.07. The molecule has 28 heavy (non-hydrogen) atoms. The molecule has 0 aliphatic heterocycles. The number of Topliss-reactive ketones (excluding diaryl/α,β-unsaturated/α-hetero) is 1. The van der Waals surface area contributed by atoms with Crippen LogP contribution >= 0.6 is 0 Å². The summed E-state index contributed by atoms with van der Waals surface area (Å²) >= 11 is 0. The molecular weight excluding hydrogens is 358 g/mol. The van der Waals surface area contributed by atoms with Gasteiger partial charge in [0.2, 0.25) is 0 Å². The number of anilines is 2. The zero-order chi connectivity index (χ0) is 19.7. The molecule has 0 saturated carbocycles. The van der Waals surface area contributed by atoms with Crippen molar-refractivity contribution >= 4 is 29.0 Å². The molecule has 142 valence electrons. The third kappa shape index (κ3) is 3.34. The van der Waals surface area contributed by atoms with Crippen LogP contribution in [0.1, 0.15) is 55.5 Å². The molecule has 4 rings (SSSR count). The van der Waals surface area contributed by atoms with Gasteiger partial charge in [-0.2, -0.15) is 0 Å². The van der Waals surface area contributed by atoms with Crippen molar-refractivity contribution < 1.29 is 18.8 Å². The molecule has 0 radical (unpaired) electrons. The highest BCUT2D eigenvalue weighted by Gasteiger charge is 2.26. The van der Waals surface area contributed by atoms with E-state index in [1.165, 1.54) is 6.26 Å². The molecule has 0 fully saturated rings. The standard InChI is InChI=1S/C21H19N3O4/c1-12-18-15(7-3-8-16(18)25)24-19(12)21(27)23-14-6-2-5-13(11-14)22-20(26)17-9-4-10-28-17/h2,4-6,9-11,24H,3,7-8H2,1H3,(H,22,26)(H,23,27). The molecule has 0 spiro atoms. The van der Waals surface area contributed by atoms with Crippen LogP contribution in [0.25, 0.3) is 0 Å². The molecular formula is C21H19N3O4. The highest BCUT2D eigenvalue weighted by molar-refractivity contribution is 6.09. The number of rotatable bonds is 4. The first-order valence-corrected chi connectivity index (χ1v) is 9.04. The zero-order valence-electron chi connectivity index (χ0n) is 15.3. The predicted molar refractivity (Wildman–Crippen MR) is 104 cm³/mol. The first kappa shape index (κ1) is 17.8. The van der Waals surface area contributed by atoms with Gasteiger partial charge in [-0.25, -0.2) is 0 Å². The fraction of sp³-hybridized carbons (Fsp3) is 0.190. The van der Waals surface area contributed by atoms with Crippen molar-refractivity contribution in [3.05, 3.63) is 70.9 Å². The largest absolute Gasteiger partial charge is 0.459 e. The number of aryl methyl sites for hydroxylation is 1. The minimum absolute atomic E-state index is 0.0803. The summed E-state index contributed by atoms with van der Waals surface area (Å²) in [5.41, 5.74) is 3.61. The summed E-state index contributed by atoms with van der Waals surface area (Å²) in [5.74, 6) is -0.419. The van der Waals surface area contributed by atoms with E-state index in [2.05, 4.69) is 15.6 Å². The van der Waals surface area contributed by atoms with Gasteiger partial charge in [-0.05, 0) is 55.7 Å². The topological polar surface area (TPSA) is 104 Å². The fourth-order valence-electron chi connectivity index (χ4n) is 3.47. The molecule has 3 aromatic rings. The molecule has 1 aliphatic rings. The minimum atomic E-state index is -0.375. The maximum absolute atomic E-state index is 12.7. The molecule has 2 amide bonds. The van der Waals surface area contributed by atoms with Gasteiger partial charge in [-0.1, -0.05) is 6.07 Å². The van der Waals surface area contributed by atoms with Crippen molar-refractivity contribution in [2.45, 2.75) is 26.2 Å². The number of aromatic amines is 1. The van der Waals surface area contributed by atoms with Gasteiger partial charge in [0.1, 0.15) is 5.69 Å². The van der Waals surface area contributed by atoms with E-state index in [0.29, 0.717) is 34.6 Å². The lowest BCUT2D eigenvalue weighted by Crippen LogP contribution is -2.15. The number of H-pyrrole nitrogens is 1. The maximum atomic E-state index is 12.7. The highest BCUT2D eigenvalue weighted by atomic mass is 16.3. The van der Waals surface area contributed by atoms with E-state index >= 15 is 0 Å². The third-order valence-corrected chi connectivity index (χ3v) is 4.79. The van der Waals surface area contributed by atoms with Crippen molar-refractivity contribution in [2.24, 2.45) is 0 Å². The molecule has 0 atom stereocenters. The van der Waals surface area contributed by atoms with Gasteiger partial charge in [-0.15, -0.1) is 0 Å². The minimum Gasteiger partial charge on any atom is -0.459 e. The summed E-state index contributed by atoms with van der Waals surface area (Å²) in [6.07, 6.45) is 3.51. The van der Waals surface area contributed by atoms with Crippen molar-refractivity contribution in [2.75, 3.05) is 10.6 Å². The molecule has 0 bridgehead atoms. The average Bonchev–Trinajstić information content (AvgIpc) is 3.31. The van der Waals surface area contributed by atoms with Crippen molar-refractivity contribution in [1.29, 1.82) is 0 Å². The Labute approximate surface area is 161 Å². The number of carbonyl (C=O) groups is 3. The highest BCUT2D eigenvalue weighted by Crippen LogP contribution is 2.27. The molecule has 7 nitrogen and oxygen atoms in total. The van der Waals surface area contributed by atoms with Gasteiger partial charge < -0.3 is 20.0 Å². The number of ketones is 1. The van der Waals surface area contributed by atoms with Crippen molar-refractivity contribution in [3.8, 4) is 0 Å². The maximum Gasteiger partial charge on any atom is 0.291 e. The molecule has 1 aliphatic carbocycles. The molecule has 0 unspecified atom stereocenters. The van der Waals surface area contributed by atoms with Crippen molar-refractivity contribution in [1.82, 2.24) is 4.98 Å². The summed E-state index contributed by atoms with van der Waals surface area (Å²) in [6.45, 7) is 1.79. The van der Waals surface area contributed by atoms with E-state index < -0.39 is 0 Å².